The van der Waals surface area contributed by atoms with Crippen LogP contribution >= 0.6 is 0 Å². The fraction of sp³-hybridized carbons (Fsp3) is 0.250. The highest BCUT2D eigenvalue weighted by Crippen LogP contribution is 2.35. The Morgan fingerprint density at radius 2 is 1.65 bits per heavy atom. The van der Waals surface area contributed by atoms with Crippen molar-refractivity contribution in [2.75, 3.05) is 11.6 Å². The second kappa shape index (κ2) is 6.63. The third-order valence-electron chi connectivity index (χ3n) is 4.93. The molecule has 0 spiro atoms. The Bertz CT molecular complexity index is 831. The average molecular weight is 350 g/mol. The maximum atomic E-state index is 12.9. The van der Waals surface area contributed by atoms with Crippen molar-refractivity contribution in [1.82, 2.24) is 4.90 Å². The van der Waals surface area contributed by atoms with E-state index >= 15 is 0 Å². The predicted octanol–water partition coefficient (Wildman–Crippen LogP) is 2.84. The van der Waals surface area contributed by atoms with E-state index in [0.717, 1.165) is 0 Å². The lowest BCUT2D eigenvalue weighted by atomic mass is 9.85. The summed E-state index contributed by atoms with van der Waals surface area (Å²) in [4.78, 5) is 41.0. The lowest BCUT2D eigenvalue weighted by Gasteiger charge is -2.26. The quantitative estimate of drug-likeness (QED) is 0.628. The van der Waals surface area contributed by atoms with Gasteiger partial charge in [0.05, 0.1) is 18.1 Å². The number of carbonyl (C=O) groups excluding carboxylic acids is 3. The highest BCUT2D eigenvalue weighted by atomic mass is 16.3. The molecule has 1 aliphatic heterocycles. The van der Waals surface area contributed by atoms with Crippen LogP contribution in [0.25, 0.3) is 0 Å². The Kier molecular flexibility index (Phi) is 4.16. The number of rotatable bonds is 4. The first-order valence-corrected chi connectivity index (χ1v) is 8.57. The van der Waals surface area contributed by atoms with Crippen molar-refractivity contribution in [2.45, 2.75) is 12.8 Å². The first kappa shape index (κ1) is 16.3. The highest BCUT2D eigenvalue weighted by molar-refractivity contribution is 6.08. The molecule has 0 N–H and O–H groups in total. The SMILES string of the molecule is O=C1[C@H]2CC=CC[C@H]2C(=O)N1CN(C(=O)c1ccco1)c1ccccc1. The van der Waals surface area contributed by atoms with E-state index in [1.807, 2.05) is 18.2 Å². The summed E-state index contributed by atoms with van der Waals surface area (Å²) in [6.45, 7) is -0.117. The lowest BCUT2D eigenvalue weighted by Crippen LogP contribution is -2.44. The molecule has 3 amide bonds. The van der Waals surface area contributed by atoms with Gasteiger partial charge in [-0.3, -0.25) is 24.2 Å². The molecule has 132 valence electrons. The minimum Gasteiger partial charge on any atom is -0.459 e. The number of fused-ring (bicyclic) bond motifs is 1. The molecular weight excluding hydrogens is 332 g/mol. The predicted molar refractivity (Wildman–Crippen MR) is 94.0 cm³/mol. The number of imide groups is 1. The normalized spacial score (nSPS) is 21.8. The van der Waals surface area contributed by atoms with Crippen LogP contribution in [-0.4, -0.2) is 29.3 Å². The molecular formula is C20H18N2O4. The maximum absolute atomic E-state index is 12.9. The van der Waals surface area contributed by atoms with Crippen LogP contribution in [0, 0.1) is 11.8 Å². The van der Waals surface area contributed by atoms with Gasteiger partial charge in [-0.2, -0.15) is 0 Å². The van der Waals surface area contributed by atoms with Crippen molar-refractivity contribution >= 4 is 23.4 Å². The van der Waals surface area contributed by atoms with Gasteiger partial charge in [0.1, 0.15) is 6.67 Å². The average Bonchev–Trinajstić information content (AvgIpc) is 3.30. The van der Waals surface area contributed by atoms with E-state index in [1.165, 1.54) is 16.1 Å². The van der Waals surface area contributed by atoms with Gasteiger partial charge in [0.25, 0.3) is 5.91 Å². The summed E-state index contributed by atoms with van der Waals surface area (Å²) in [5.74, 6) is -1.29. The number of amides is 3. The Morgan fingerprint density at radius 3 is 2.23 bits per heavy atom. The third-order valence-corrected chi connectivity index (χ3v) is 4.93. The van der Waals surface area contributed by atoms with Crippen molar-refractivity contribution < 1.29 is 18.8 Å². The van der Waals surface area contributed by atoms with Crippen LogP contribution in [0.3, 0.4) is 0 Å². The van der Waals surface area contributed by atoms with Crippen LogP contribution in [-0.2, 0) is 9.59 Å². The van der Waals surface area contributed by atoms with E-state index in [2.05, 4.69) is 0 Å². The molecule has 2 aromatic rings. The van der Waals surface area contributed by atoms with Gasteiger partial charge in [-0.15, -0.1) is 0 Å². The number of likely N-dealkylation sites (tertiary alicyclic amines) is 1. The van der Waals surface area contributed by atoms with E-state index in [9.17, 15) is 14.4 Å². The standard InChI is InChI=1S/C20H18N2O4/c23-18-15-9-4-5-10-16(15)19(24)22(18)13-21(14-7-2-1-3-8-14)20(25)17-11-6-12-26-17/h1-8,11-12,15-16H,9-10,13H2/t15-,16+. The van der Waals surface area contributed by atoms with Gasteiger partial charge in [-0.05, 0) is 37.1 Å². The molecule has 1 aromatic heterocycles. The summed E-state index contributed by atoms with van der Waals surface area (Å²) in [5.41, 5.74) is 0.600. The Hall–Kier alpha value is -3.15. The molecule has 1 aliphatic carbocycles. The Balaban J connectivity index is 1.64. The number of hydrogen-bond donors (Lipinski definition) is 0. The Labute approximate surface area is 150 Å². The number of carbonyl (C=O) groups is 3. The largest absolute Gasteiger partial charge is 0.459 e. The molecule has 1 saturated heterocycles. The van der Waals surface area contributed by atoms with Gasteiger partial charge >= 0.3 is 0 Å². The fourth-order valence-electron chi connectivity index (χ4n) is 3.55. The van der Waals surface area contributed by atoms with Crippen molar-refractivity contribution in [2.24, 2.45) is 11.8 Å². The molecule has 26 heavy (non-hydrogen) atoms. The zero-order valence-electron chi connectivity index (χ0n) is 14.1. The smallest absolute Gasteiger partial charge is 0.295 e. The molecule has 2 atom stereocenters. The van der Waals surface area contributed by atoms with Crippen LogP contribution < -0.4 is 4.90 Å². The molecule has 2 heterocycles. The fourth-order valence-corrected chi connectivity index (χ4v) is 3.55. The van der Waals surface area contributed by atoms with Crippen LogP contribution in [0.1, 0.15) is 23.4 Å². The summed E-state index contributed by atoms with van der Waals surface area (Å²) in [6, 6.07) is 12.2. The van der Waals surface area contributed by atoms with Crippen LogP contribution in [0.2, 0.25) is 0 Å². The molecule has 0 unspecified atom stereocenters. The minimum atomic E-state index is -0.394. The van der Waals surface area contributed by atoms with Crippen molar-refractivity contribution in [3.63, 3.8) is 0 Å². The van der Waals surface area contributed by atoms with Crippen molar-refractivity contribution in [3.8, 4) is 0 Å². The van der Waals surface area contributed by atoms with Crippen LogP contribution in [0.5, 0.6) is 0 Å². The monoisotopic (exact) mass is 350 g/mol. The van der Waals surface area contributed by atoms with Gasteiger partial charge < -0.3 is 4.42 Å². The van der Waals surface area contributed by atoms with Gasteiger partial charge in [0.2, 0.25) is 11.8 Å². The van der Waals surface area contributed by atoms with Crippen molar-refractivity contribution in [1.29, 1.82) is 0 Å². The zero-order valence-corrected chi connectivity index (χ0v) is 14.1. The minimum absolute atomic E-state index is 0.117. The van der Waals surface area contributed by atoms with Gasteiger partial charge in [0.15, 0.2) is 5.76 Å². The number of hydrogen-bond acceptors (Lipinski definition) is 4. The first-order valence-electron chi connectivity index (χ1n) is 8.57. The second-order valence-corrected chi connectivity index (χ2v) is 6.45. The molecule has 1 aromatic carbocycles. The summed E-state index contributed by atoms with van der Waals surface area (Å²) < 4.78 is 5.22. The Morgan fingerprint density at radius 1 is 1.00 bits per heavy atom. The topological polar surface area (TPSA) is 70.8 Å². The van der Waals surface area contributed by atoms with E-state index < -0.39 is 5.91 Å². The van der Waals surface area contributed by atoms with E-state index in [0.29, 0.717) is 18.5 Å². The molecule has 2 aliphatic rings. The van der Waals surface area contributed by atoms with E-state index in [4.69, 9.17) is 4.42 Å². The summed E-state index contributed by atoms with van der Waals surface area (Å²) in [5, 5.41) is 0. The molecule has 0 saturated carbocycles. The zero-order chi connectivity index (χ0) is 18.1. The third kappa shape index (κ3) is 2.73. The van der Waals surface area contributed by atoms with E-state index in [-0.39, 0.29) is 36.1 Å². The summed E-state index contributed by atoms with van der Waals surface area (Å²) in [6.07, 6.45) is 6.45. The van der Waals surface area contributed by atoms with Crippen LogP contribution in [0.15, 0.2) is 65.3 Å². The number of furan rings is 1. The number of benzene rings is 1. The maximum Gasteiger partial charge on any atom is 0.295 e. The molecule has 6 heteroatoms. The van der Waals surface area contributed by atoms with Crippen LogP contribution in [0.4, 0.5) is 5.69 Å². The molecule has 0 bridgehead atoms. The molecule has 0 radical (unpaired) electrons. The molecule has 6 nitrogen and oxygen atoms in total. The highest BCUT2D eigenvalue weighted by Gasteiger charge is 2.48. The van der Waals surface area contributed by atoms with Gasteiger partial charge in [0, 0.05) is 5.69 Å². The summed E-state index contributed by atoms with van der Waals surface area (Å²) in [7, 11) is 0. The second-order valence-electron chi connectivity index (χ2n) is 6.45. The number of nitrogens with zero attached hydrogens (tertiary/aromatic N) is 2. The summed E-state index contributed by atoms with van der Waals surface area (Å²) >= 11 is 0. The number of anilines is 1. The molecule has 4 rings (SSSR count). The van der Waals surface area contributed by atoms with Crippen molar-refractivity contribution in [3.05, 3.63) is 66.6 Å². The number of para-hydroxylation sites is 1. The molecule has 1 fully saturated rings. The van der Waals surface area contributed by atoms with E-state index in [1.54, 1.807) is 36.4 Å². The first-order chi connectivity index (χ1) is 12.7. The lowest BCUT2D eigenvalue weighted by molar-refractivity contribution is -0.139. The van der Waals surface area contributed by atoms with Gasteiger partial charge in [-0.1, -0.05) is 30.4 Å². The van der Waals surface area contributed by atoms with Gasteiger partial charge in [-0.25, -0.2) is 0 Å². The number of allylic oxidation sites excluding steroid dienone is 2.